The molecule has 6 heteroatoms. The molecule has 0 aromatic carbocycles. The molecule has 0 aliphatic carbocycles. The highest BCUT2D eigenvalue weighted by molar-refractivity contribution is 7.89. The van der Waals surface area contributed by atoms with Gasteiger partial charge in [0.15, 0.2) is 0 Å². The average Bonchev–Trinajstić information content (AvgIpc) is 2.30. The van der Waals surface area contributed by atoms with Crippen LogP contribution in [0.15, 0.2) is 0 Å². The van der Waals surface area contributed by atoms with Crippen molar-refractivity contribution >= 4 is 10.0 Å². The van der Waals surface area contributed by atoms with Gasteiger partial charge in [-0.2, -0.15) is 0 Å². The van der Waals surface area contributed by atoms with Crippen LogP contribution in [0.3, 0.4) is 0 Å². The van der Waals surface area contributed by atoms with E-state index in [0.717, 1.165) is 32.6 Å². The van der Waals surface area contributed by atoms with Gasteiger partial charge in [0, 0.05) is 19.6 Å². The van der Waals surface area contributed by atoms with Gasteiger partial charge < -0.3 is 10.2 Å². The molecule has 0 rings (SSSR count). The molecule has 0 fully saturated rings. The summed E-state index contributed by atoms with van der Waals surface area (Å²) in [4.78, 5) is 2.19. The van der Waals surface area contributed by atoms with E-state index < -0.39 is 10.0 Å². The number of sulfonamides is 1. The second-order valence-corrected chi connectivity index (χ2v) is 5.92. The maximum absolute atomic E-state index is 11.6. The van der Waals surface area contributed by atoms with Crippen molar-refractivity contribution in [3.63, 3.8) is 0 Å². The van der Waals surface area contributed by atoms with Crippen LogP contribution in [0.2, 0.25) is 0 Å². The Morgan fingerprint density at radius 3 is 2.18 bits per heavy atom. The van der Waals surface area contributed by atoms with Crippen LogP contribution in [0.25, 0.3) is 0 Å². The Morgan fingerprint density at radius 2 is 1.65 bits per heavy atom. The molecular weight excluding hydrogens is 238 g/mol. The smallest absolute Gasteiger partial charge is 0.212 e. The highest BCUT2D eigenvalue weighted by Crippen LogP contribution is 1.87. The van der Waals surface area contributed by atoms with E-state index in [1.54, 1.807) is 0 Å². The fraction of sp³-hybridized carbons (Fsp3) is 1.00. The molecule has 2 N–H and O–H groups in total. The van der Waals surface area contributed by atoms with Crippen molar-refractivity contribution in [2.24, 2.45) is 0 Å². The summed E-state index contributed by atoms with van der Waals surface area (Å²) in [7, 11) is -3.11. The molecular formula is C11H27N3O2S. The first-order valence-corrected chi connectivity index (χ1v) is 8.11. The van der Waals surface area contributed by atoms with E-state index in [1.165, 1.54) is 0 Å². The first kappa shape index (κ1) is 16.8. The Bertz CT molecular complexity index is 264. The Labute approximate surface area is 106 Å². The van der Waals surface area contributed by atoms with Crippen molar-refractivity contribution in [3.05, 3.63) is 0 Å². The quantitative estimate of drug-likeness (QED) is 0.526. The molecule has 0 saturated carbocycles. The van der Waals surface area contributed by atoms with Crippen LogP contribution in [0, 0.1) is 0 Å². The van der Waals surface area contributed by atoms with Crippen LogP contribution in [0.1, 0.15) is 27.2 Å². The van der Waals surface area contributed by atoms with E-state index in [-0.39, 0.29) is 5.75 Å². The minimum absolute atomic E-state index is 0.158. The zero-order chi connectivity index (χ0) is 13.1. The lowest BCUT2D eigenvalue weighted by Crippen LogP contribution is -2.37. The predicted octanol–water partition coefficient (Wildman–Crippen LogP) is 0.247. The van der Waals surface area contributed by atoms with Crippen molar-refractivity contribution in [3.8, 4) is 0 Å². The lowest BCUT2D eigenvalue weighted by molar-refractivity contribution is 0.309. The molecule has 17 heavy (non-hydrogen) atoms. The molecule has 5 nitrogen and oxygen atoms in total. The maximum atomic E-state index is 11.6. The molecule has 0 aliphatic heterocycles. The minimum Gasteiger partial charge on any atom is -0.316 e. The first-order chi connectivity index (χ1) is 8.05. The third kappa shape index (κ3) is 9.52. The lowest BCUT2D eigenvalue weighted by Gasteiger charge is -2.18. The zero-order valence-electron chi connectivity index (χ0n) is 11.3. The highest BCUT2D eigenvalue weighted by atomic mass is 32.2. The van der Waals surface area contributed by atoms with Crippen molar-refractivity contribution in [1.82, 2.24) is 14.9 Å². The van der Waals surface area contributed by atoms with Gasteiger partial charge in [0.05, 0.1) is 5.75 Å². The van der Waals surface area contributed by atoms with Crippen molar-refractivity contribution in [2.75, 3.05) is 45.0 Å². The fourth-order valence-electron chi connectivity index (χ4n) is 1.48. The molecule has 0 radical (unpaired) electrons. The summed E-state index contributed by atoms with van der Waals surface area (Å²) in [6, 6.07) is 0. The Hall–Kier alpha value is -0.170. The number of nitrogens with one attached hydrogen (secondary N) is 2. The number of rotatable bonds is 11. The van der Waals surface area contributed by atoms with Gasteiger partial charge in [-0.25, -0.2) is 13.1 Å². The first-order valence-electron chi connectivity index (χ1n) is 6.46. The zero-order valence-corrected chi connectivity index (χ0v) is 12.1. The summed E-state index contributed by atoms with van der Waals surface area (Å²) in [5, 5.41) is 3.08. The molecule has 0 aromatic heterocycles. The number of hydrogen-bond donors (Lipinski definition) is 2. The van der Waals surface area contributed by atoms with E-state index in [2.05, 4.69) is 35.7 Å². The van der Waals surface area contributed by atoms with E-state index in [0.29, 0.717) is 13.1 Å². The normalized spacial score (nSPS) is 12.2. The van der Waals surface area contributed by atoms with Gasteiger partial charge in [0.1, 0.15) is 0 Å². The average molecular weight is 265 g/mol. The topological polar surface area (TPSA) is 61.4 Å². The van der Waals surface area contributed by atoms with E-state index in [9.17, 15) is 8.42 Å². The highest BCUT2D eigenvalue weighted by Gasteiger charge is 2.09. The van der Waals surface area contributed by atoms with Gasteiger partial charge in [0.25, 0.3) is 0 Å². The monoisotopic (exact) mass is 265 g/mol. The van der Waals surface area contributed by atoms with Crippen LogP contribution in [0.5, 0.6) is 0 Å². The van der Waals surface area contributed by atoms with Gasteiger partial charge in [-0.3, -0.25) is 0 Å². The number of likely N-dealkylation sites (N-methyl/N-ethyl adjacent to an activating group) is 1. The van der Waals surface area contributed by atoms with Gasteiger partial charge in [0.2, 0.25) is 10.0 Å². The summed E-state index contributed by atoms with van der Waals surface area (Å²) >= 11 is 0. The second-order valence-electron chi connectivity index (χ2n) is 3.99. The SMILES string of the molecule is CCCNCCS(=O)(=O)NCCN(CC)CC. The Morgan fingerprint density at radius 1 is 1.00 bits per heavy atom. The molecule has 0 spiro atoms. The van der Waals surface area contributed by atoms with Gasteiger partial charge in [-0.15, -0.1) is 0 Å². The Kier molecular flexibility index (Phi) is 9.72. The second kappa shape index (κ2) is 9.82. The molecule has 0 unspecified atom stereocenters. The fourth-order valence-corrected chi connectivity index (χ4v) is 2.44. The third-order valence-corrected chi connectivity index (χ3v) is 4.00. The van der Waals surface area contributed by atoms with Gasteiger partial charge in [-0.1, -0.05) is 20.8 Å². The largest absolute Gasteiger partial charge is 0.316 e. The van der Waals surface area contributed by atoms with Crippen LogP contribution < -0.4 is 10.0 Å². The van der Waals surface area contributed by atoms with Crippen LogP contribution in [-0.2, 0) is 10.0 Å². The third-order valence-electron chi connectivity index (χ3n) is 2.62. The van der Waals surface area contributed by atoms with Crippen LogP contribution in [-0.4, -0.2) is 58.3 Å². The molecule has 0 aromatic rings. The summed E-state index contributed by atoms with van der Waals surface area (Å²) in [5.41, 5.74) is 0. The minimum atomic E-state index is -3.11. The van der Waals surface area contributed by atoms with Crippen LogP contribution in [0.4, 0.5) is 0 Å². The summed E-state index contributed by atoms with van der Waals surface area (Å²) in [5.74, 6) is 0.158. The van der Waals surface area contributed by atoms with E-state index in [1.807, 2.05) is 0 Å². The van der Waals surface area contributed by atoms with Crippen molar-refractivity contribution in [2.45, 2.75) is 27.2 Å². The lowest BCUT2D eigenvalue weighted by atomic mass is 10.5. The molecule has 0 heterocycles. The van der Waals surface area contributed by atoms with Crippen LogP contribution >= 0.6 is 0 Å². The molecule has 0 bridgehead atoms. The van der Waals surface area contributed by atoms with E-state index in [4.69, 9.17) is 0 Å². The molecule has 0 amide bonds. The molecule has 104 valence electrons. The van der Waals surface area contributed by atoms with E-state index >= 15 is 0 Å². The van der Waals surface area contributed by atoms with Gasteiger partial charge in [-0.05, 0) is 26.1 Å². The van der Waals surface area contributed by atoms with Crippen molar-refractivity contribution in [1.29, 1.82) is 0 Å². The Balaban J connectivity index is 3.70. The van der Waals surface area contributed by atoms with Gasteiger partial charge >= 0.3 is 0 Å². The summed E-state index contributed by atoms with van der Waals surface area (Å²) < 4.78 is 25.8. The van der Waals surface area contributed by atoms with Crippen molar-refractivity contribution < 1.29 is 8.42 Å². The molecule has 0 atom stereocenters. The molecule has 0 aliphatic rings. The summed E-state index contributed by atoms with van der Waals surface area (Å²) in [6.07, 6.45) is 1.02. The molecule has 0 saturated heterocycles. The predicted molar refractivity (Wildman–Crippen MR) is 72.7 cm³/mol. The number of hydrogen-bond acceptors (Lipinski definition) is 4. The maximum Gasteiger partial charge on any atom is 0.212 e. The summed E-state index contributed by atoms with van der Waals surface area (Å²) in [6.45, 7) is 10.8. The number of nitrogens with zero attached hydrogens (tertiary/aromatic N) is 1. The standard InChI is InChI=1S/C11H27N3O2S/c1-4-7-12-9-11-17(15,16)13-8-10-14(5-2)6-3/h12-13H,4-11H2,1-3H3.